The third-order valence-electron chi connectivity index (χ3n) is 2.63. The Kier molecular flexibility index (Phi) is 7.39. The van der Waals surface area contributed by atoms with Gasteiger partial charge in [-0.15, -0.1) is 0 Å². The second-order valence-electron chi connectivity index (χ2n) is 4.59. The van der Waals surface area contributed by atoms with E-state index in [1.54, 1.807) is 0 Å². The SMILES string of the molecule is CCNCCC(=O)N(C)C(C)CC(C)C. The van der Waals surface area contributed by atoms with E-state index in [0.717, 1.165) is 19.5 Å². The first-order valence-corrected chi connectivity index (χ1v) is 5.95. The molecule has 3 heteroatoms. The Hall–Kier alpha value is -0.570. The van der Waals surface area contributed by atoms with Crippen LogP contribution in [0.2, 0.25) is 0 Å². The van der Waals surface area contributed by atoms with Gasteiger partial charge in [0.05, 0.1) is 0 Å². The topological polar surface area (TPSA) is 32.3 Å². The highest BCUT2D eigenvalue weighted by molar-refractivity contribution is 5.76. The highest BCUT2D eigenvalue weighted by Gasteiger charge is 2.15. The summed E-state index contributed by atoms with van der Waals surface area (Å²) in [6, 6.07) is 0.346. The van der Waals surface area contributed by atoms with Crippen molar-refractivity contribution in [1.82, 2.24) is 10.2 Å². The summed E-state index contributed by atoms with van der Waals surface area (Å²) in [7, 11) is 1.90. The summed E-state index contributed by atoms with van der Waals surface area (Å²) >= 11 is 0. The smallest absolute Gasteiger partial charge is 0.223 e. The van der Waals surface area contributed by atoms with E-state index in [4.69, 9.17) is 0 Å². The van der Waals surface area contributed by atoms with E-state index in [2.05, 4.69) is 33.0 Å². The minimum Gasteiger partial charge on any atom is -0.343 e. The van der Waals surface area contributed by atoms with Crippen LogP contribution in [-0.4, -0.2) is 37.0 Å². The molecule has 0 radical (unpaired) electrons. The molecule has 0 saturated carbocycles. The summed E-state index contributed by atoms with van der Waals surface area (Å²) in [5.74, 6) is 0.883. The Morgan fingerprint density at radius 2 is 1.93 bits per heavy atom. The highest BCUT2D eigenvalue weighted by atomic mass is 16.2. The number of hydrogen-bond acceptors (Lipinski definition) is 2. The lowest BCUT2D eigenvalue weighted by atomic mass is 10.0. The molecule has 0 spiro atoms. The molecule has 3 nitrogen and oxygen atoms in total. The summed E-state index contributed by atoms with van der Waals surface area (Å²) in [6.45, 7) is 10.3. The number of rotatable bonds is 7. The van der Waals surface area contributed by atoms with E-state index in [1.807, 2.05) is 11.9 Å². The molecule has 15 heavy (non-hydrogen) atoms. The Labute approximate surface area is 94.2 Å². The van der Waals surface area contributed by atoms with Gasteiger partial charge in [-0.1, -0.05) is 20.8 Å². The largest absolute Gasteiger partial charge is 0.343 e. The van der Waals surface area contributed by atoms with Gasteiger partial charge in [-0.05, 0) is 25.8 Å². The average Bonchev–Trinajstić information content (AvgIpc) is 2.15. The minimum atomic E-state index is 0.240. The monoisotopic (exact) mass is 214 g/mol. The molecule has 0 aromatic heterocycles. The summed E-state index contributed by atoms with van der Waals surface area (Å²) < 4.78 is 0. The van der Waals surface area contributed by atoms with Crippen molar-refractivity contribution < 1.29 is 4.79 Å². The molecule has 1 unspecified atom stereocenters. The number of carbonyl (C=O) groups is 1. The van der Waals surface area contributed by atoms with E-state index >= 15 is 0 Å². The van der Waals surface area contributed by atoms with E-state index < -0.39 is 0 Å². The zero-order chi connectivity index (χ0) is 11.8. The summed E-state index contributed by atoms with van der Waals surface area (Å²) in [4.78, 5) is 13.6. The maximum Gasteiger partial charge on any atom is 0.223 e. The molecule has 1 N–H and O–H groups in total. The van der Waals surface area contributed by atoms with Crippen molar-refractivity contribution in [3.05, 3.63) is 0 Å². The van der Waals surface area contributed by atoms with Crippen LogP contribution in [0.1, 0.15) is 40.5 Å². The molecule has 0 saturated heterocycles. The van der Waals surface area contributed by atoms with Crippen LogP contribution in [-0.2, 0) is 4.79 Å². The standard InChI is InChI=1S/C12H26N2O/c1-6-13-8-7-12(15)14(5)11(4)9-10(2)3/h10-11,13H,6-9H2,1-5H3. The van der Waals surface area contributed by atoms with Crippen LogP contribution in [0.3, 0.4) is 0 Å². The Bertz CT molecular complexity index is 180. The molecular formula is C12H26N2O. The average molecular weight is 214 g/mol. The minimum absolute atomic E-state index is 0.240. The van der Waals surface area contributed by atoms with Gasteiger partial charge in [0, 0.05) is 26.1 Å². The van der Waals surface area contributed by atoms with Crippen LogP contribution in [0, 0.1) is 5.92 Å². The van der Waals surface area contributed by atoms with E-state index in [-0.39, 0.29) is 5.91 Å². The van der Waals surface area contributed by atoms with Gasteiger partial charge in [0.25, 0.3) is 0 Å². The molecule has 0 aliphatic rings. The molecule has 0 aliphatic carbocycles. The number of hydrogen-bond donors (Lipinski definition) is 1. The maximum absolute atomic E-state index is 11.7. The summed E-state index contributed by atoms with van der Waals surface area (Å²) in [6.07, 6.45) is 1.68. The number of amides is 1. The van der Waals surface area contributed by atoms with Crippen LogP contribution in [0.4, 0.5) is 0 Å². The number of nitrogens with one attached hydrogen (secondary N) is 1. The van der Waals surface area contributed by atoms with Gasteiger partial charge in [-0.2, -0.15) is 0 Å². The molecule has 0 aromatic rings. The lowest BCUT2D eigenvalue weighted by Gasteiger charge is -2.26. The molecule has 0 aromatic carbocycles. The molecule has 0 bridgehead atoms. The molecule has 1 atom stereocenters. The zero-order valence-electron chi connectivity index (χ0n) is 10.8. The Balaban J connectivity index is 3.85. The van der Waals surface area contributed by atoms with Crippen molar-refractivity contribution >= 4 is 5.91 Å². The molecule has 0 heterocycles. The predicted octanol–water partition coefficient (Wildman–Crippen LogP) is 1.88. The van der Waals surface area contributed by atoms with Crippen LogP contribution in [0.15, 0.2) is 0 Å². The predicted molar refractivity (Wildman–Crippen MR) is 64.8 cm³/mol. The number of carbonyl (C=O) groups excluding carboxylic acids is 1. The van der Waals surface area contributed by atoms with E-state index in [9.17, 15) is 4.79 Å². The highest BCUT2D eigenvalue weighted by Crippen LogP contribution is 2.10. The Morgan fingerprint density at radius 3 is 2.40 bits per heavy atom. The first-order chi connectivity index (χ1) is 6.99. The molecule has 0 aliphatic heterocycles. The molecule has 90 valence electrons. The fourth-order valence-corrected chi connectivity index (χ4v) is 1.63. The van der Waals surface area contributed by atoms with Crippen LogP contribution in [0.25, 0.3) is 0 Å². The second-order valence-corrected chi connectivity index (χ2v) is 4.59. The third-order valence-corrected chi connectivity index (χ3v) is 2.63. The Morgan fingerprint density at radius 1 is 1.33 bits per heavy atom. The van der Waals surface area contributed by atoms with Crippen LogP contribution in [0.5, 0.6) is 0 Å². The van der Waals surface area contributed by atoms with Gasteiger partial charge in [-0.25, -0.2) is 0 Å². The van der Waals surface area contributed by atoms with E-state index in [0.29, 0.717) is 18.4 Å². The first kappa shape index (κ1) is 14.4. The molecule has 0 rings (SSSR count). The molecule has 1 amide bonds. The van der Waals surface area contributed by atoms with Crippen molar-refractivity contribution in [3.8, 4) is 0 Å². The number of nitrogens with zero attached hydrogens (tertiary/aromatic N) is 1. The van der Waals surface area contributed by atoms with Gasteiger partial charge in [0.2, 0.25) is 5.91 Å². The first-order valence-electron chi connectivity index (χ1n) is 5.95. The van der Waals surface area contributed by atoms with Crippen molar-refractivity contribution in [2.75, 3.05) is 20.1 Å². The van der Waals surface area contributed by atoms with Gasteiger partial charge in [-0.3, -0.25) is 4.79 Å². The lowest BCUT2D eigenvalue weighted by molar-refractivity contribution is -0.131. The zero-order valence-corrected chi connectivity index (χ0v) is 10.8. The molecule has 0 fully saturated rings. The lowest BCUT2D eigenvalue weighted by Crippen LogP contribution is -2.37. The van der Waals surface area contributed by atoms with Gasteiger partial charge in [0.1, 0.15) is 0 Å². The third kappa shape index (κ3) is 6.50. The summed E-state index contributed by atoms with van der Waals surface area (Å²) in [5.41, 5.74) is 0. The quantitative estimate of drug-likeness (QED) is 0.656. The summed E-state index contributed by atoms with van der Waals surface area (Å²) in [5, 5.41) is 3.17. The fraction of sp³-hybridized carbons (Fsp3) is 0.917. The van der Waals surface area contributed by atoms with Gasteiger partial charge >= 0.3 is 0 Å². The molecular weight excluding hydrogens is 188 g/mol. The normalized spacial score (nSPS) is 12.9. The fourth-order valence-electron chi connectivity index (χ4n) is 1.63. The van der Waals surface area contributed by atoms with Crippen molar-refractivity contribution in [3.63, 3.8) is 0 Å². The van der Waals surface area contributed by atoms with Crippen molar-refractivity contribution in [1.29, 1.82) is 0 Å². The maximum atomic E-state index is 11.7. The van der Waals surface area contributed by atoms with Gasteiger partial charge in [0.15, 0.2) is 0 Å². The van der Waals surface area contributed by atoms with Crippen molar-refractivity contribution in [2.45, 2.75) is 46.6 Å². The van der Waals surface area contributed by atoms with E-state index in [1.165, 1.54) is 0 Å². The second kappa shape index (κ2) is 7.69. The van der Waals surface area contributed by atoms with Crippen LogP contribution >= 0.6 is 0 Å². The van der Waals surface area contributed by atoms with Gasteiger partial charge < -0.3 is 10.2 Å². The van der Waals surface area contributed by atoms with Crippen molar-refractivity contribution in [2.24, 2.45) is 5.92 Å². The van der Waals surface area contributed by atoms with Crippen LogP contribution < -0.4 is 5.32 Å².